The summed E-state index contributed by atoms with van der Waals surface area (Å²) in [5, 5.41) is 3.28. The number of carbonyl (C=O) groups excluding carboxylic acids is 1. The Bertz CT molecular complexity index is 407. The molecule has 1 atom stereocenters. The lowest BCUT2D eigenvalue weighted by molar-refractivity contribution is -0.128. The minimum Gasteiger partial charge on any atom is -0.344 e. The van der Waals surface area contributed by atoms with Gasteiger partial charge in [-0.2, -0.15) is 0 Å². The number of carbonyl (C=O) groups is 1. The van der Waals surface area contributed by atoms with Crippen LogP contribution < -0.4 is 5.32 Å². The van der Waals surface area contributed by atoms with Gasteiger partial charge in [0.25, 0.3) is 0 Å². The Morgan fingerprint density at radius 2 is 2.41 bits per heavy atom. The Morgan fingerprint density at radius 3 is 3.06 bits per heavy atom. The van der Waals surface area contributed by atoms with Crippen LogP contribution in [0.4, 0.5) is 0 Å². The van der Waals surface area contributed by atoms with Crippen molar-refractivity contribution in [2.24, 2.45) is 0 Å². The number of aromatic nitrogens is 2. The Morgan fingerprint density at radius 1 is 1.59 bits per heavy atom. The smallest absolute Gasteiger partial charge is 0.239 e. The van der Waals surface area contributed by atoms with Crippen molar-refractivity contribution >= 4 is 5.91 Å². The molecule has 1 aromatic heterocycles. The first-order chi connectivity index (χ1) is 8.16. The maximum atomic E-state index is 11.6. The Hall–Kier alpha value is -1.49. The van der Waals surface area contributed by atoms with Crippen LogP contribution in [0.2, 0.25) is 0 Å². The summed E-state index contributed by atoms with van der Waals surface area (Å²) < 4.78 is 0. The highest BCUT2D eigenvalue weighted by Gasteiger charge is 2.27. The highest BCUT2D eigenvalue weighted by molar-refractivity contribution is 5.83. The largest absolute Gasteiger partial charge is 0.344 e. The molecule has 5 heteroatoms. The number of hydrogen-bond donors (Lipinski definition) is 1. The van der Waals surface area contributed by atoms with Gasteiger partial charge in [0, 0.05) is 38.4 Å². The average molecular weight is 234 g/mol. The zero-order chi connectivity index (χ0) is 12.3. The van der Waals surface area contributed by atoms with Crippen LogP contribution in [0.25, 0.3) is 0 Å². The number of rotatable bonds is 4. The molecule has 1 aliphatic rings. The highest BCUT2D eigenvalue weighted by atomic mass is 16.2. The van der Waals surface area contributed by atoms with E-state index in [1.54, 1.807) is 11.1 Å². The second-order valence-electron chi connectivity index (χ2n) is 4.40. The van der Waals surface area contributed by atoms with E-state index in [-0.39, 0.29) is 11.9 Å². The molecule has 0 bridgehead atoms. The van der Waals surface area contributed by atoms with E-state index in [1.807, 2.05) is 20.0 Å². The molecule has 0 radical (unpaired) electrons. The van der Waals surface area contributed by atoms with Crippen molar-refractivity contribution in [3.8, 4) is 0 Å². The van der Waals surface area contributed by atoms with Crippen molar-refractivity contribution in [3.63, 3.8) is 0 Å². The molecule has 1 saturated heterocycles. The van der Waals surface area contributed by atoms with Crippen LogP contribution >= 0.6 is 0 Å². The molecule has 1 N–H and O–H groups in total. The van der Waals surface area contributed by atoms with Crippen LogP contribution in [0.15, 0.2) is 12.3 Å². The van der Waals surface area contributed by atoms with Crippen molar-refractivity contribution in [1.82, 2.24) is 20.2 Å². The van der Waals surface area contributed by atoms with Gasteiger partial charge in [0.15, 0.2) is 0 Å². The molecule has 0 aromatic carbocycles. The van der Waals surface area contributed by atoms with Gasteiger partial charge in [-0.25, -0.2) is 9.97 Å². The van der Waals surface area contributed by atoms with Gasteiger partial charge in [0.1, 0.15) is 5.82 Å². The maximum Gasteiger partial charge on any atom is 0.239 e. The third kappa shape index (κ3) is 3.00. The maximum absolute atomic E-state index is 11.6. The predicted molar refractivity (Wildman–Crippen MR) is 64.5 cm³/mol. The van der Waals surface area contributed by atoms with Crippen LogP contribution in [0.5, 0.6) is 0 Å². The summed E-state index contributed by atoms with van der Waals surface area (Å²) in [6.45, 7) is 3.51. The summed E-state index contributed by atoms with van der Waals surface area (Å²) in [6.07, 6.45) is 3.50. The van der Waals surface area contributed by atoms with Crippen molar-refractivity contribution in [2.75, 3.05) is 20.1 Å². The molecule has 1 unspecified atom stereocenters. The van der Waals surface area contributed by atoms with E-state index in [4.69, 9.17) is 0 Å². The lowest BCUT2D eigenvalue weighted by Gasteiger charge is -2.11. The van der Waals surface area contributed by atoms with E-state index < -0.39 is 0 Å². The number of amides is 1. The molecule has 1 aliphatic heterocycles. The normalized spacial score (nSPS) is 20.0. The lowest BCUT2D eigenvalue weighted by Crippen LogP contribution is -2.37. The fourth-order valence-corrected chi connectivity index (χ4v) is 2.03. The third-order valence-electron chi connectivity index (χ3n) is 3.03. The Labute approximate surface area is 101 Å². The van der Waals surface area contributed by atoms with Gasteiger partial charge >= 0.3 is 0 Å². The quantitative estimate of drug-likeness (QED) is 0.805. The molecule has 1 fully saturated rings. The van der Waals surface area contributed by atoms with Crippen molar-refractivity contribution in [1.29, 1.82) is 0 Å². The zero-order valence-corrected chi connectivity index (χ0v) is 10.3. The fraction of sp³-hybridized carbons (Fsp3) is 0.583. The number of aryl methyl sites for hydroxylation is 1. The lowest BCUT2D eigenvalue weighted by atomic mass is 10.2. The van der Waals surface area contributed by atoms with E-state index in [1.165, 1.54) is 0 Å². The van der Waals surface area contributed by atoms with E-state index >= 15 is 0 Å². The number of nitrogens with one attached hydrogen (secondary N) is 1. The molecular formula is C12H18N4O. The van der Waals surface area contributed by atoms with Crippen LogP contribution in [0.1, 0.15) is 17.9 Å². The zero-order valence-electron chi connectivity index (χ0n) is 10.3. The minimum absolute atomic E-state index is 0.0112. The average Bonchev–Trinajstić information content (AvgIpc) is 2.61. The monoisotopic (exact) mass is 234 g/mol. The topological polar surface area (TPSA) is 58.1 Å². The van der Waals surface area contributed by atoms with Gasteiger partial charge in [0.05, 0.1) is 6.04 Å². The second kappa shape index (κ2) is 5.23. The third-order valence-corrected chi connectivity index (χ3v) is 3.03. The summed E-state index contributed by atoms with van der Waals surface area (Å²) in [6, 6.07) is 1.90. The van der Waals surface area contributed by atoms with Gasteiger partial charge in [-0.15, -0.1) is 0 Å². The standard InChI is InChI=1S/C12H18N4O/c1-9-13-6-3-10(15-9)4-7-14-11-5-8-16(2)12(11)17/h3,6,11,14H,4-5,7-8H2,1-2H3. The van der Waals surface area contributed by atoms with E-state index in [2.05, 4.69) is 15.3 Å². The van der Waals surface area contributed by atoms with E-state index in [9.17, 15) is 4.79 Å². The van der Waals surface area contributed by atoms with Crippen molar-refractivity contribution in [2.45, 2.75) is 25.8 Å². The van der Waals surface area contributed by atoms with Crippen molar-refractivity contribution < 1.29 is 4.79 Å². The van der Waals surface area contributed by atoms with Crippen LogP contribution in [-0.2, 0) is 11.2 Å². The van der Waals surface area contributed by atoms with Gasteiger partial charge < -0.3 is 10.2 Å². The number of hydrogen-bond acceptors (Lipinski definition) is 4. The summed E-state index contributed by atoms with van der Waals surface area (Å²) in [4.78, 5) is 21.8. The second-order valence-corrected chi connectivity index (χ2v) is 4.40. The molecule has 1 aromatic rings. The first-order valence-electron chi connectivity index (χ1n) is 5.93. The first kappa shape index (κ1) is 12.0. The van der Waals surface area contributed by atoms with Crippen LogP contribution in [-0.4, -0.2) is 47.0 Å². The molecule has 0 aliphatic carbocycles. The Kier molecular flexibility index (Phi) is 3.68. The number of likely N-dealkylation sites (N-methyl/N-ethyl adjacent to an activating group) is 1. The highest BCUT2D eigenvalue weighted by Crippen LogP contribution is 2.08. The van der Waals surface area contributed by atoms with Crippen molar-refractivity contribution in [3.05, 3.63) is 23.8 Å². The summed E-state index contributed by atoms with van der Waals surface area (Å²) in [5.41, 5.74) is 1.02. The summed E-state index contributed by atoms with van der Waals surface area (Å²) in [5.74, 6) is 0.989. The van der Waals surface area contributed by atoms with Gasteiger partial charge in [0.2, 0.25) is 5.91 Å². The van der Waals surface area contributed by atoms with Gasteiger partial charge in [-0.3, -0.25) is 4.79 Å². The minimum atomic E-state index is -0.0112. The molecular weight excluding hydrogens is 216 g/mol. The summed E-state index contributed by atoms with van der Waals surface area (Å²) >= 11 is 0. The van der Waals surface area contributed by atoms with Crippen LogP contribution in [0.3, 0.4) is 0 Å². The molecule has 92 valence electrons. The molecule has 2 rings (SSSR count). The predicted octanol–water partition coefficient (Wildman–Crippen LogP) is 0.148. The molecule has 0 saturated carbocycles. The summed E-state index contributed by atoms with van der Waals surface area (Å²) in [7, 11) is 1.85. The molecule has 1 amide bonds. The number of nitrogens with zero attached hydrogens (tertiary/aromatic N) is 3. The van der Waals surface area contributed by atoms with E-state index in [0.29, 0.717) is 0 Å². The number of likely N-dealkylation sites (tertiary alicyclic amines) is 1. The molecule has 0 spiro atoms. The molecule has 2 heterocycles. The Balaban J connectivity index is 1.78. The van der Waals surface area contributed by atoms with Gasteiger partial charge in [-0.05, 0) is 19.4 Å². The van der Waals surface area contributed by atoms with Crippen LogP contribution in [0, 0.1) is 6.92 Å². The SMILES string of the molecule is Cc1nccc(CCNC2CCN(C)C2=O)n1. The molecule has 5 nitrogen and oxygen atoms in total. The fourth-order valence-electron chi connectivity index (χ4n) is 2.03. The van der Waals surface area contributed by atoms with Gasteiger partial charge in [-0.1, -0.05) is 0 Å². The molecule has 17 heavy (non-hydrogen) atoms. The first-order valence-corrected chi connectivity index (χ1v) is 5.93. The van der Waals surface area contributed by atoms with E-state index in [0.717, 1.165) is 37.4 Å².